The topological polar surface area (TPSA) is 81.8 Å². The van der Waals surface area contributed by atoms with E-state index >= 15 is 0 Å². The molecule has 206 valence electrons. The smallest absolute Gasteiger partial charge is 0.270 e. The van der Waals surface area contributed by atoms with Crippen LogP contribution in [-0.2, 0) is 16.1 Å². The Morgan fingerprint density at radius 1 is 1.15 bits per heavy atom. The van der Waals surface area contributed by atoms with Crippen LogP contribution >= 0.6 is 24.0 Å². The van der Waals surface area contributed by atoms with Crippen molar-refractivity contribution in [1.82, 2.24) is 9.47 Å². The second-order valence-corrected chi connectivity index (χ2v) is 11.1. The minimum Gasteiger partial charge on any atom is -0.385 e. The molecule has 2 aliphatic rings. The fourth-order valence-electron chi connectivity index (χ4n) is 4.97. The monoisotopic (exact) mass is 569 g/mol. The van der Waals surface area contributed by atoms with Crippen molar-refractivity contribution in [2.45, 2.75) is 33.2 Å². The molecule has 39 heavy (non-hydrogen) atoms. The van der Waals surface area contributed by atoms with Crippen LogP contribution < -0.4 is 15.4 Å². The van der Waals surface area contributed by atoms with E-state index < -0.39 is 0 Å². The molecule has 11 heteroatoms. The van der Waals surface area contributed by atoms with E-state index in [4.69, 9.17) is 17.0 Å². The van der Waals surface area contributed by atoms with Crippen LogP contribution in [0.5, 0.6) is 0 Å². The summed E-state index contributed by atoms with van der Waals surface area (Å²) in [7, 11) is 1.61. The SMILES string of the molecule is CCCn1c(N2CCN(c3ccccc3F)CC2)c(/C=C2/SC(=S)N(CCCOC)C2=O)c(C)c(C#N)c1=O. The Kier molecular flexibility index (Phi) is 9.43. The maximum absolute atomic E-state index is 14.4. The number of rotatable bonds is 9. The van der Waals surface area contributed by atoms with Crippen LogP contribution in [-0.4, -0.2) is 66.1 Å². The third-order valence-electron chi connectivity index (χ3n) is 6.95. The number of hydrogen-bond acceptors (Lipinski definition) is 8. The molecule has 1 amide bonds. The standard InChI is InChI=1S/C28H32FN5O3S2/c1-4-10-33-25(32-14-12-31(13-15-32)23-9-6-5-8-22(23)29)20(19(2)21(18-30)26(33)35)17-24-27(36)34(28(38)39-24)11-7-16-37-3/h5-6,8-9,17H,4,7,10-16H2,1-3H3/b24-17+. The number of thiocarbonyl (C=S) groups is 1. The molecule has 2 aromatic rings. The summed E-state index contributed by atoms with van der Waals surface area (Å²) in [5.41, 5.74) is 1.48. The third-order valence-corrected chi connectivity index (χ3v) is 8.32. The zero-order valence-corrected chi connectivity index (χ0v) is 24.0. The summed E-state index contributed by atoms with van der Waals surface area (Å²) >= 11 is 6.71. The van der Waals surface area contributed by atoms with Gasteiger partial charge < -0.3 is 14.5 Å². The molecule has 4 rings (SSSR count). The second kappa shape index (κ2) is 12.8. The Balaban J connectivity index is 1.75. The molecule has 1 aromatic heterocycles. The Morgan fingerprint density at radius 3 is 2.49 bits per heavy atom. The number of hydrogen-bond donors (Lipinski definition) is 0. The molecule has 0 atom stereocenters. The van der Waals surface area contributed by atoms with Crippen molar-refractivity contribution in [3.05, 3.63) is 62.0 Å². The van der Waals surface area contributed by atoms with Gasteiger partial charge in [0.25, 0.3) is 11.5 Å². The number of amides is 1. The predicted molar refractivity (Wildman–Crippen MR) is 158 cm³/mol. The maximum atomic E-state index is 14.4. The van der Waals surface area contributed by atoms with E-state index in [-0.39, 0.29) is 22.8 Å². The molecule has 3 heterocycles. The molecule has 1 aromatic carbocycles. The average Bonchev–Trinajstić information content (AvgIpc) is 3.20. The third kappa shape index (κ3) is 5.88. The number of anilines is 2. The van der Waals surface area contributed by atoms with Gasteiger partial charge in [-0.05, 0) is 43.5 Å². The van der Waals surface area contributed by atoms with Crippen molar-refractivity contribution in [3.8, 4) is 6.07 Å². The van der Waals surface area contributed by atoms with Gasteiger partial charge in [0.2, 0.25) is 0 Å². The molecule has 0 unspecified atom stereocenters. The van der Waals surface area contributed by atoms with Crippen LogP contribution in [0.25, 0.3) is 6.08 Å². The lowest BCUT2D eigenvalue weighted by atomic mass is 10.0. The van der Waals surface area contributed by atoms with Gasteiger partial charge in [0.05, 0.1) is 10.6 Å². The first kappa shape index (κ1) is 28.8. The summed E-state index contributed by atoms with van der Waals surface area (Å²) in [5, 5.41) is 9.87. The number of carbonyl (C=O) groups excluding carboxylic acids is 1. The number of methoxy groups -OCH3 is 1. The lowest BCUT2D eigenvalue weighted by Gasteiger charge is -2.39. The quantitative estimate of drug-likeness (QED) is 0.253. The number of carbonyl (C=O) groups is 1. The van der Waals surface area contributed by atoms with Crippen LogP contribution in [0.2, 0.25) is 0 Å². The van der Waals surface area contributed by atoms with E-state index in [0.717, 1.165) is 0 Å². The lowest BCUT2D eigenvalue weighted by Crippen LogP contribution is -2.49. The molecular formula is C28H32FN5O3S2. The zero-order chi connectivity index (χ0) is 28.1. The van der Waals surface area contributed by atoms with Crippen LogP contribution in [0.1, 0.15) is 36.5 Å². The first-order valence-electron chi connectivity index (χ1n) is 13.0. The molecule has 2 aliphatic heterocycles. The molecule has 0 N–H and O–H groups in total. The summed E-state index contributed by atoms with van der Waals surface area (Å²) in [6, 6.07) is 8.79. The van der Waals surface area contributed by atoms with Crippen molar-refractivity contribution in [3.63, 3.8) is 0 Å². The Bertz CT molecular complexity index is 1390. The molecule has 0 radical (unpaired) electrons. The van der Waals surface area contributed by atoms with E-state index in [1.165, 1.54) is 17.8 Å². The van der Waals surface area contributed by atoms with Crippen molar-refractivity contribution < 1.29 is 13.9 Å². The predicted octanol–water partition coefficient (Wildman–Crippen LogP) is 4.14. The van der Waals surface area contributed by atoms with Crippen LogP contribution in [0.3, 0.4) is 0 Å². The summed E-state index contributed by atoms with van der Waals surface area (Å²) < 4.78 is 21.7. The van der Waals surface area contributed by atoms with Gasteiger partial charge in [-0.2, -0.15) is 5.26 Å². The van der Waals surface area contributed by atoms with Crippen LogP contribution in [0, 0.1) is 24.1 Å². The number of halogens is 1. The number of ether oxygens (including phenoxy) is 1. The Morgan fingerprint density at radius 2 is 1.85 bits per heavy atom. The maximum Gasteiger partial charge on any atom is 0.270 e. The van der Waals surface area contributed by atoms with Gasteiger partial charge in [0.15, 0.2) is 0 Å². The zero-order valence-electron chi connectivity index (χ0n) is 22.4. The number of piperazine rings is 1. The van der Waals surface area contributed by atoms with Crippen molar-refractivity contribution in [2.24, 2.45) is 0 Å². The number of para-hydroxylation sites is 1. The minimum atomic E-state index is -0.340. The fourth-order valence-corrected chi connectivity index (χ4v) is 6.26. The molecule has 0 spiro atoms. The average molecular weight is 570 g/mol. The molecular weight excluding hydrogens is 537 g/mol. The molecule has 2 saturated heterocycles. The second-order valence-electron chi connectivity index (χ2n) is 9.41. The van der Waals surface area contributed by atoms with Gasteiger partial charge in [0, 0.05) is 58.5 Å². The van der Waals surface area contributed by atoms with E-state index in [2.05, 4.69) is 11.0 Å². The highest BCUT2D eigenvalue weighted by Crippen LogP contribution is 2.36. The number of aromatic nitrogens is 1. The summed E-state index contributed by atoms with van der Waals surface area (Å²) in [6.07, 6.45) is 3.12. The van der Waals surface area contributed by atoms with Gasteiger partial charge in [-0.1, -0.05) is 43.0 Å². The highest BCUT2D eigenvalue weighted by atomic mass is 32.2. The molecule has 8 nitrogen and oxygen atoms in total. The molecule has 0 aliphatic carbocycles. The number of thioether (sulfide) groups is 1. The van der Waals surface area contributed by atoms with Crippen LogP contribution in [0.4, 0.5) is 15.9 Å². The molecule has 2 fully saturated rings. The normalized spacial score (nSPS) is 16.9. The highest BCUT2D eigenvalue weighted by Gasteiger charge is 2.33. The van der Waals surface area contributed by atoms with E-state index in [9.17, 15) is 19.2 Å². The highest BCUT2D eigenvalue weighted by molar-refractivity contribution is 8.26. The summed E-state index contributed by atoms with van der Waals surface area (Å²) in [4.78, 5) is 32.9. The van der Waals surface area contributed by atoms with E-state index in [1.54, 1.807) is 41.7 Å². The summed E-state index contributed by atoms with van der Waals surface area (Å²) in [5.74, 6) is 0.218. The van der Waals surface area contributed by atoms with E-state index in [0.29, 0.717) is 90.6 Å². The van der Waals surface area contributed by atoms with Gasteiger partial charge in [-0.15, -0.1) is 0 Å². The van der Waals surface area contributed by atoms with Gasteiger partial charge >= 0.3 is 0 Å². The first-order valence-corrected chi connectivity index (χ1v) is 14.2. The number of nitrogens with zero attached hydrogens (tertiary/aromatic N) is 5. The van der Waals surface area contributed by atoms with Crippen molar-refractivity contribution in [1.29, 1.82) is 5.26 Å². The Labute approximate surface area is 237 Å². The molecule has 0 bridgehead atoms. The van der Waals surface area contributed by atoms with Crippen molar-refractivity contribution in [2.75, 3.05) is 56.2 Å². The molecule has 0 saturated carbocycles. The number of nitriles is 1. The largest absolute Gasteiger partial charge is 0.385 e. The minimum absolute atomic E-state index is 0.0685. The lowest BCUT2D eigenvalue weighted by molar-refractivity contribution is -0.122. The van der Waals surface area contributed by atoms with Crippen LogP contribution in [0.15, 0.2) is 34.0 Å². The van der Waals surface area contributed by atoms with Crippen molar-refractivity contribution >= 4 is 51.8 Å². The number of pyridine rings is 1. The van der Waals surface area contributed by atoms with E-state index in [1.807, 2.05) is 17.9 Å². The fraction of sp³-hybridized carbons (Fsp3) is 0.429. The number of benzene rings is 1. The van der Waals surface area contributed by atoms with Gasteiger partial charge in [0.1, 0.15) is 27.6 Å². The van der Waals surface area contributed by atoms with Gasteiger partial charge in [-0.3, -0.25) is 19.1 Å². The summed E-state index contributed by atoms with van der Waals surface area (Å²) in [6.45, 7) is 7.33. The Hall–Kier alpha value is -3.20. The van der Waals surface area contributed by atoms with Gasteiger partial charge in [-0.25, -0.2) is 4.39 Å². The first-order chi connectivity index (χ1) is 18.8.